The highest BCUT2D eigenvalue weighted by Crippen LogP contribution is 2.16. The lowest BCUT2D eigenvalue weighted by Gasteiger charge is -2.09. The minimum Gasteiger partial charge on any atom is -0.456 e. The summed E-state index contributed by atoms with van der Waals surface area (Å²) in [5.74, 6) is -0.410. The standard InChI is InChI=1S/C18H20N4O2/c1-13(2)22-9-17(20-12-22)18(23)24-10-15-4-5-16(8-14(15)3)21-7-6-19-11-21/h4-9,11-13H,10H2,1-3H3. The van der Waals surface area contributed by atoms with E-state index in [1.54, 1.807) is 25.0 Å². The molecule has 0 spiro atoms. The summed E-state index contributed by atoms with van der Waals surface area (Å²) in [6.45, 7) is 6.28. The summed E-state index contributed by atoms with van der Waals surface area (Å²) in [5, 5.41) is 0. The zero-order chi connectivity index (χ0) is 17.1. The Bertz CT molecular complexity index is 835. The molecule has 124 valence electrons. The molecule has 0 amide bonds. The van der Waals surface area contributed by atoms with E-state index in [0.29, 0.717) is 5.69 Å². The van der Waals surface area contributed by atoms with Crippen molar-refractivity contribution in [2.45, 2.75) is 33.4 Å². The van der Waals surface area contributed by atoms with Gasteiger partial charge in [-0.2, -0.15) is 0 Å². The second kappa shape index (κ2) is 6.70. The predicted octanol–water partition coefficient (Wildman–Crippen LogP) is 3.32. The van der Waals surface area contributed by atoms with Crippen LogP contribution in [0, 0.1) is 6.92 Å². The van der Waals surface area contributed by atoms with Crippen molar-refractivity contribution in [2.75, 3.05) is 0 Å². The second-order valence-electron chi connectivity index (χ2n) is 5.96. The highest BCUT2D eigenvalue weighted by Gasteiger charge is 2.13. The van der Waals surface area contributed by atoms with Crippen LogP contribution in [0.15, 0.2) is 49.4 Å². The molecule has 3 aromatic rings. The zero-order valence-electron chi connectivity index (χ0n) is 14.0. The smallest absolute Gasteiger partial charge is 0.358 e. The molecule has 0 fully saturated rings. The Morgan fingerprint density at radius 3 is 2.75 bits per heavy atom. The topological polar surface area (TPSA) is 61.9 Å². The van der Waals surface area contributed by atoms with Crippen LogP contribution in [0.2, 0.25) is 0 Å². The van der Waals surface area contributed by atoms with Gasteiger partial charge in [-0.05, 0) is 44.0 Å². The average molecular weight is 324 g/mol. The fourth-order valence-corrected chi connectivity index (χ4v) is 2.36. The van der Waals surface area contributed by atoms with E-state index in [4.69, 9.17) is 4.74 Å². The van der Waals surface area contributed by atoms with E-state index in [2.05, 4.69) is 9.97 Å². The highest BCUT2D eigenvalue weighted by molar-refractivity contribution is 5.86. The molecule has 2 aromatic heterocycles. The SMILES string of the molecule is Cc1cc(-n2ccnc2)ccc1COC(=O)c1cn(C(C)C)cn1. The first-order valence-corrected chi connectivity index (χ1v) is 7.83. The Hall–Kier alpha value is -2.89. The summed E-state index contributed by atoms with van der Waals surface area (Å²) >= 11 is 0. The van der Waals surface area contributed by atoms with Gasteiger partial charge < -0.3 is 13.9 Å². The Kier molecular flexibility index (Phi) is 4.46. The van der Waals surface area contributed by atoms with Crippen LogP contribution in [0.4, 0.5) is 0 Å². The van der Waals surface area contributed by atoms with Gasteiger partial charge in [-0.15, -0.1) is 0 Å². The van der Waals surface area contributed by atoms with Crippen LogP contribution in [0.5, 0.6) is 0 Å². The maximum Gasteiger partial charge on any atom is 0.358 e. The van der Waals surface area contributed by atoms with Crippen molar-refractivity contribution in [3.05, 3.63) is 66.3 Å². The number of carbonyl (C=O) groups is 1. The molecule has 0 aliphatic carbocycles. The Labute approximate surface area is 140 Å². The molecule has 3 rings (SSSR count). The lowest BCUT2D eigenvalue weighted by atomic mass is 10.1. The average Bonchev–Trinajstić information content (AvgIpc) is 3.24. The van der Waals surface area contributed by atoms with Crippen molar-refractivity contribution < 1.29 is 9.53 Å². The first-order valence-electron chi connectivity index (χ1n) is 7.83. The van der Waals surface area contributed by atoms with Gasteiger partial charge in [0.1, 0.15) is 6.61 Å². The van der Waals surface area contributed by atoms with E-state index < -0.39 is 5.97 Å². The summed E-state index contributed by atoms with van der Waals surface area (Å²) in [7, 11) is 0. The predicted molar refractivity (Wildman–Crippen MR) is 90.0 cm³/mol. The number of hydrogen-bond acceptors (Lipinski definition) is 4. The number of ether oxygens (including phenoxy) is 1. The number of esters is 1. The molecule has 1 aromatic carbocycles. The summed E-state index contributed by atoms with van der Waals surface area (Å²) in [6, 6.07) is 6.24. The highest BCUT2D eigenvalue weighted by atomic mass is 16.5. The number of aromatic nitrogens is 4. The van der Waals surface area contributed by atoms with E-state index in [-0.39, 0.29) is 12.6 Å². The van der Waals surface area contributed by atoms with Crippen LogP contribution in [0.3, 0.4) is 0 Å². The van der Waals surface area contributed by atoms with Crippen molar-refractivity contribution in [3.63, 3.8) is 0 Å². The van der Waals surface area contributed by atoms with Crippen molar-refractivity contribution in [1.29, 1.82) is 0 Å². The lowest BCUT2D eigenvalue weighted by Crippen LogP contribution is -2.07. The first-order chi connectivity index (χ1) is 11.5. The summed E-state index contributed by atoms with van der Waals surface area (Å²) in [5.41, 5.74) is 3.38. The van der Waals surface area contributed by atoms with Gasteiger partial charge in [0.2, 0.25) is 0 Å². The lowest BCUT2D eigenvalue weighted by molar-refractivity contribution is 0.0465. The quantitative estimate of drug-likeness (QED) is 0.676. The van der Waals surface area contributed by atoms with Gasteiger partial charge in [-0.3, -0.25) is 0 Å². The van der Waals surface area contributed by atoms with Crippen LogP contribution in [-0.2, 0) is 11.3 Å². The molecule has 6 nitrogen and oxygen atoms in total. The minimum absolute atomic E-state index is 0.226. The van der Waals surface area contributed by atoms with Crippen LogP contribution in [0.1, 0.15) is 41.5 Å². The first kappa shape index (κ1) is 16.0. The molecule has 0 bridgehead atoms. The third-order valence-electron chi connectivity index (χ3n) is 3.89. The normalized spacial score (nSPS) is 11.0. The fraction of sp³-hybridized carbons (Fsp3) is 0.278. The van der Waals surface area contributed by atoms with Crippen LogP contribution >= 0.6 is 0 Å². The molecule has 0 aliphatic rings. The molecular weight excluding hydrogens is 304 g/mol. The monoisotopic (exact) mass is 324 g/mol. The van der Waals surface area contributed by atoms with Crippen molar-refractivity contribution >= 4 is 5.97 Å². The molecule has 24 heavy (non-hydrogen) atoms. The van der Waals surface area contributed by atoms with E-state index in [9.17, 15) is 4.79 Å². The molecule has 0 radical (unpaired) electrons. The number of aryl methyl sites for hydroxylation is 1. The van der Waals surface area contributed by atoms with Gasteiger partial charge >= 0.3 is 5.97 Å². The third-order valence-corrected chi connectivity index (χ3v) is 3.89. The number of carbonyl (C=O) groups excluding carboxylic acids is 1. The van der Waals surface area contributed by atoms with Crippen LogP contribution in [0.25, 0.3) is 5.69 Å². The molecule has 0 aliphatic heterocycles. The number of nitrogens with zero attached hydrogens (tertiary/aromatic N) is 4. The van der Waals surface area contributed by atoms with Crippen molar-refractivity contribution in [1.82, 2.24) is 19.1 Å². The molecule has 6 heteroatoms. The fourth-order valence-electron chi connectivity index (χ4n) is 2.36. The molecular formula is C18H20N4O2. The number of benzene rings is 1. The molecule has 0 saturated heterocycles. The van der Waals surface area contributed by atoms with Gasteiger partial charge in [0.05, 0.1) is 12.7 Å². The van der Waals surface area contributed by atoms with Crippen LogP contribution in [-0.4, -0.2) is 25.1 Å². The van der Waals surface area contributed by atoms with Gasteiger partial charge in [0.15, 0.2) is 5.69 Å². The Morgan fingerprint density at radius 2 is 2.12 bits per heavy atom. The second-order valence-corrected chi connectivity index (χ2v) is 5.96. The number of imidazole rings is 2. The number of rotatable bonds is 5. The van der Waals surface area contributed by atoms with E-state index >= 15 is 0 Å². The Balaban J connectivity index is 1.66. The maximum absolute atomic E-state index is 12.1. The van der Waals surface area contributed by atoms with Crippen LogP contribution < -0.4 is 0 Å². The largest absolute Gasteiger partial charge is 0.456 e. The maximum atomic E-state index is 12.1. The third kappa shape index (κ3) is 3.37. The van der Waals surface area contributed by atoms with Crippen molar-refractivity contribution in [2.24, 2.45) is 0 Å². The Morgan fingerprint density at radius 1 is 1.29 bits per heavy atom. The van der Waals surface area contributed by atoms with Crippen molar-refractivity contribution in [3.8, 4) is 5.69 Å². The van der Waals surface area contributed by atoms with Gasteiger partial charge in [0, 0.05) is 30.3 Å². The molecule has 2 heterocycles. The minimum atomic E-state index is -0.410. The van der Waals surface area contributed by atoms with E-state index in [0.717, 1.165) is 16.8 Å². The summed E-state index contributed by atoms with van der Waals surface area (Å²) in [4.78, 5) is 20.2. The molecule has 0 N–H and O–H groups in total. The van der Waals surface area contributed by atoms with Gasteiger partial charge in [-0.1, -0.05) is 6.07 Å². The van der Waals surface area contributed by atoms with E-state index in [1.165, 1.54) is 0 Å². The zero-order valence-corrected chi connectivity index (χ0v) is 14.0. The molecule has 0 atom stereocenters. The summed E-state index contributed by atoms with van der Waals surface area (Å²) in [6.07, 6.45) is 8.73. The molecule has 0 unspecified atom stereocenters. The van der Waals surface area contributed by atoms with Gasteiger partial charge in [0.25, 0.3) is 0 Å². The summed E-state index contributed by atoms with van der Waals surface area (Å²) < 4.78 is 9.19. The molecule has 0 saturated carbocycles. The van der Waals surface area contributed by atoms with Gasteiger partial charge in [-0.25, -0.2) is 14.8 Å². The number of hydrogen-bond donors (Lipinski definition) is 0. The van der Waals surface area contributed by atoms with E-state index in [1.807, 2.05) is 54.3 Å².